The summed E-state index contributed by atoms with van der Waals surface area (Å²) in [6.07, 6.45) is 3.81. The van der Waals surface area contributed by atoms with Crippen LogP contribution < -0.4 is 5.14 Å². The Balaban J connectivity index is 2.02. The average molecular weight is 246 g/mol. The molecule has 1 fully saturated rings. The van der Waals surface area contributed by atoms with E-state index in [0.29, 0.717) is 12.2 Å². The highest BCUT2D eigenvalue weighted by atomic mass is 32.2. The lowest BCUT2D eigenvalue weighted by molar-refractivity contribution is 0.0156. The van der Waals surface area contributed by atoms with Gasteiger partial charge in [-0.25, -0.2) is 18.5 Å². The molecule has 1 aromatic rings. The summed E-state index contributed by atoms with van der Waals surface area (Å²) in [6, 6.07) is 0. The third kappa shape index (κ3) is 2.77. The molecular formula is C8H14N4O3S. The van der Waals surface area contributed by atoms with Crippen LogP contribution >= 0.6 is 0 Å². The van der Waals surface area contributed by atoms with E-state index in [2.05, 4.69) is 15.2 Å². The largest absolute Gasteiger partial charge is 0.378 e. The number of hydrogen-bond donors (Lipinski definition) is 2. The van der Waals surface area contributed by atoms with Crippen molar-refractivity contribution in [1.82, 2.24) is 15.2 Å². The van der Waals surface area contributed by atoms with Crippen LogP contribution in [0.2, 0.25) is 0 Å². The maximum absolute atomic E-state index is 10.9. The van der Waals surface area contributed by atoms with Crippen molar-refractivity contribution >= 4 is 10.0 Å². The Morgan fingerprint density at radius 1 is 1.50 bits per heavy atom. The normalized spacial score (nSPS) is 22.2. The van der Waals surface area contributed by atoms with E-state index in [1.165, 1.54) is 0 Å². The van der Waals surface area contributed by atoms with E-state index in [9.17, 15) is 8.42 Å². The van der Waals surface area contributed by atoms with Crippen molar-refractivity contribution in [2.45, 2.75) is 36.9 Å². The molecule has 3 N–H and O–H groups in total. The van der Waals surface area contributed by atoms with E-state index in [1.54, 1.807) is 0 Å². The second-order valence-electron chi connectivity index (χ2n) is 3.80. The lowest BCUT2D eigenvalue weighted by atomic mass is 10.1. The lowest BCUT2D eigenvalue weighted by Crippen LogP contribution is -2.22. The van der Waals surface area contributed by atoms with E-state index in [0.717, 1.165) is 25.9 Å². The Hall–Kier alpha value is -0.990. The van der Waals surface area contributed by atoms with E-state index in [4.69, 9.17) is 9.88 Å². The number of aromatic nitrogens is 3. The minimum atomic E-state index is -3.82. The van der Waals surface area contributed by atoms with E-state index < -0.39 is 10.0 Å². The molecule has 8 heteroatoms. The van der Waals surface area contributed by atoms with Crippen LogP contribution in [0.25, 0.3) is 0 Å². The van der Waals surface area contributed by atoms with Gasteiger partial charge >= 0.3 is 0 Å². The fraction of sp³-hybridized carbons (Fsp3) is 0.750. The maximum atomic E-state index is 10.9. The third-order valence-corrected chi connectivity index (χ3v) is 3.15. The second kappa shape index (κ2) is 4.48. The van der Waals surface area contributed by atoms with Crippen molar-refractivity contribution in [3.8, 4) is 0 Å². The van der Waals surface area contributed by atoms with Crippen LogP contribution in [-0.2, 0) is 21.2 Å². The first-order valence-corrected chi connectivity index (χ1v) is 6.66. The molecule has 90 valence electrons. The molecule has 0 saturated carbocycles. The van der Waals surface area contributed by atoms with Crippen molar-refractivity contribution < 1.29 is 13.2 Å². The molecule has 2 rings (SSSR count). The first-order valence-electron chi connectivity index (χ1n) is 5.11. The number of nitrogens with one attached hydrogen (secondary N) is 1. The van der Waals surface area contributed by atoms with Gasteiger partial charge in [0.15, 0.2) is 0 Å². The Morgan fingerprint density at radius 3 is 2.88 bits per heavy atom. The summed E-state index contributed by atoms with van der Waals surface area (Å²) < 4.78 is 27.4. The number of aromatic amines is 1. The van der Waals surface area contributed by atoms with E-state index in [1.807, 2.05) is 0 Å². The molecule has 0 aromatic carbocycles. The molecule has 0 spiro atoms. The molecule has 0 radical (unpaired) electrons. The number of nitrogens with two attached hydrogens (primary N) is 1. The van der Waals surface area contributed by atoms with Crippen LogP contribution in [0.3, 0.4) is 0 Å². The summed E-state index contributed by atoms with van der Waals surface area (Å²) in [5.74, 6) is 0.496. The Kier molecular flexibility index (Phi) is 3.22. The number of primary sulfonamides is 1. The van der Waals surface area contributed by atoms with Gasteiger partial charge < -0.3 is 4.74 Å². The van der Waals surface area contributed by atoms with Gasteiger partial charge in [-0.3, -0.25) is 5.10 Å². The summed E-state index contributed by atoms with van der Waals surface area (Å²) in [7, 11) is -3.82. The van der Waals surface area contributed by atoms with Crippen LogP contribution in [0, 0.1) is 0 Å². The van der Waals surface area contributed by atoms with Gasteiger partial charge in [-0.05, 0) is 19.3 Å². The molecule has 16 heavy (non-hydrogen) atoms. The van der Waals surface area contributed by atoms with Crippen molar-refractivity contribution in [2.75, 3.05) is 6.61 Å². The van der Waals surface area contributed by atoms with E-state index in [-0.39, 0.29) is 11.3 Å². The summed E-state index contributed by atoms with van der Waals surface area (Å²) >= 11 is 0. The van der Waals surface area contributed by atoms with Crippen LogP contribution in [0.4, 0.5) is 0 Å². The number of ether oxygens (including phenoxy) is 1. The van der Waals surface area contributed by atoms with Gasteiger partial charge in [-0.1, -0.05) is 0 Å². The van der Waals surface area contributed by atoms with Crippen LogP contribution in [0.15, 0.2) is 5.16 Å². The molecular weight excluding hydrogens is 232 g/mol. The molecule has 1 atom stereocenters. The SMILES string of the molecule is NS(=O)(=O)c1n[nH]c(CC2CCCCO2)n1. The van der Waals surface area contributed by atoms with E-state index >= 15 is 0 Å². The summed E-state index contributed by atoms with van der Waals surface area (Å²) in [5.41, 5.74) is 0. The first-order chi connectivity index (χ1) is 7.55. The molecule has 2 heterocycles. The molecule has 1 saturated heterocycles. The molecule has 1 aliphatic heterocycles. The van der Waals surface area contributed by atoms with Crippen molar-refractivity contribution in [3.63, 3.8) is 0 Å². The first kappa shape index (κ1) is 11.5. The fourth-order valence-corrected chi connectivity index (χ4v) is 2.09. The average Bonchev–Trinajstić information content (AvgIpc) is 2.67. The number of sulfonamides is 1. The molecule has 1 unspecified atom stereocenters. The second-order valence-corrected chi connectivity index (χ2v) is 5.26. The number of nitrogens with zero attached hydrogens (tertiary/aromatic N) is 2. The molecule has 7 nitrogen and oxygen atoms in total. The smallest absolute Gasteiger partial charge is 0.282 e. The van der Waals surface area contributed by atoms with Gasteiger partial charge in [-0.15, -0.1) is 5.10 Å². The van der Waals surface area contributed by atoms with Crippen molar-refractivity contribution in [2.24, 2.45) is 5.14 Å². The molecule has 0 aliphatic carbocycles. The zero-order valence-electron chi connectivity index (χ0n) is 8.72. The van der Waals surface area contributed by atoms with Gasteiger partial charge in [-0.2, -0.15) is 0 Å². The van der Waals surface area contributed by atoms with Gasteiger partial charge in [0.1, 0.15) is 5.82 Å². The fourth-order valence-electron chi connectivity index (χ4n) is 1.68. The maximum Gasteiger partial charge on any atom is 0.282 e. The molecule has 1 aromatic heterocycles. The molecule has 0 amide bonds. The van der Waals surface area contributed by atoms with Gasteiger partial charge in [0, 0.05) is 13.0 Å². The number of H-pyrrole nitrogens is 1. The monoisotopic (exact) mass is 246 g/mol. The zero-order chi connectivity index (χ0) is 11.6. The van der Waals surface area contributed by atoms with Gasteiger partial charge in [0.05, 0.1) is 6.10 Å². The zero-order valence-corrected chi connectivity index (χ0v) is 9.53. The summed E-state index contributed by atoms with van der Waals surface area (Å²) in [5, 5.41) is 10.6. The highest BCUT2D eigenvalue weighted by Gasteiger charge is 2.19. The molecule has 0 bridgehead atoms. The Labute approximate surface area is 93.4 Å². The van der Waals surface area contributed by atoms with Crippen molar-refractivity contribution in [1.29, 1.82) is 0 Å². The minimum Gasteiger partial charge on any atom is -0.378 e. The topological polar surface area (TPSA) is 111 Å². The number of rotatable bonds is 3. The quantitative estimate of drug-likeness (QED) is 0.751. The third-order valence-electron chi connectivity index (χ3n) is 2.46. The van der Waals surface area contributed by atoms with Gasteiger partial charge in [0.2, 0.25) is 0 Å². The predicted molar refractivity (Wildman–Crippen MR) is 55.1 cm³/mol. The standard InChI is InChI=1S/C8H14N4O3S/c9-16(13,14)8-10-7(11-12-8)5-6-3-1-2-4-15-6/h6H,1-5H2,(H2,9,13,14)(H,10,11,12). The van der Waals surface area contributed by atoms with Crippen LogP contribution in [0.1, 0.15) is 25.1 Å². The Morgan fingerprint density at radius 2 is 2.31 bits per heavy atom. The van der Waals surface area contributed by atoms with Gasteiger partial charge in [0.25, 0.3) is 15.2 Å². The summed E-state index contributed by atoms with van der Waals surface area (Å²) in [4.78, 5) is 3.82. The minimum absolute atomic E-state index is 0.0926. The Bertz CT molecular complexity index is 450. The highest BCUT2D eigenvalue weighted by molar-refractivity contribution is 7.89. The number of hydrogen-bond acceptors (Lipinski definition) is 5. The lowest BCUT2D eigenvalue weighted by Gasteiger charge is -2.21. The summed E-state index contributed by atoms with van der Waals surface area (Å²) in [6.45, 7) is 0.751. The van der Waals surface area contributed by atoms with Crippen LogP contribution in [-0.4, -0.2) is 36.3 Å². The molecule has 1 aliphatic rings. The predicted octanol–water partition coefficient (Wildman–Crippen LogP) is -0.436. The van der Waals surface area contributed by atoms with Crippen molar-refractivity contribution in [3.05, 3.63) is 5.82 Å². The highest BCUT2D eigenvalue weighted by Crippen LogP contribution is 2.15. The van der Waals surface area contributed by atoms with Crippen LogP contribution in [0.5, 0.6) is 0 Å².